The van der Waals surface area contributed by atoms with Gasteiger partial charge in [0.25, 0.3) is 0 Å². The molecule has 1 fully saturated rings. The predicted molar refractivity (Wildman–Crippen MR) is 102 cm³/mol. The van der Waals surface area contributed by atoms with Gasteiger partial charge >= 0.3 is 0 Å². The minimum absolute atomic E-state index is 0.0793. The molecule has 1 saturated carbocycles. The van der Waals surface area contributed by atoms with E-state index in [0.29, 0.717) is 11.4 Å². The second kappa shape index (κ2) is 5.64. The summed E-state index contributed by atoms with van der Waals surface area (Å²) in [5.74, 6) is -1.27. The fraction of sp³-hybridized carbons (Fsp3) is 0.238. The van der Waals surface area contributed by atoms with Crippen LogP contribution in [0.2, 0.25) is 0 Å². The van der Waals surface area contributed by atoms with Crippen LogP contribution < -0.4 is 10.6 Å². The molecule has 0 saturated heterocycles. The van der Waals surface area contributed by atoms with E-state index in [1.54, 1.807) is 30.3 Å². The van der Waals surface area contributed by atoms with Crippen LogP contribution in [0.3, 0.4) is 0 Å². The van der Waals surface area contributed by atoms with Crippen molar-refractivity contribution < 1.29 is 13.6 Å². The normalized spacial score (nSPS) is 17.1. The summed E-state index contributed by atoms with van der Waals surface area (Å²) >= 11 is 0. The molecule has 142 valence electrons. The maximum atomic E-state index is 14.3. The van der Waals surface area contributed by atoms with Crippen molar-refractivity contribution in [3.8, 4) is 16.9 Å². The maximum absolute atomic E-state index is 14.3. The van der Waals surface area contributed by atoms with Gasteiger partial charge in [0.05, 0.1) is 28.7 Å². The van der Waals surface area contributed by atoms with Crippen molar-refractivity contribution >= 4 is 17.3 Å². The number of fused-ring (bicyclic) bond motifs is 2. The summed E-state index contributed by atoms with van der Waals surface area (Å²) in [6.45, 7) is 0. The van der Waals surface area contributed by atoms with Crippen molar-refractivity contribution in [3.63, 3.8) is 0 Å². The van der Waals surface area contributed by atoms with Crippen molar-refractivity contribution in [2.75, 3.05) is 17.7 Å². The number of aromatic nitrogens is 2. The largest absolute Gasteiger partial charge is 0.397 e. The van der Waals surface area contributed by atoms with Crippen LogP contribution in [0.4, 0.5) is 20.2 Å². The van der Waals surface area contributed by atoms with Gasteiger partial charge in [0.2, 0.25) is 5.91 Å². The van der Waals surface area contributed by atoms with Crippen LogP contribution in [0, 0.1) is 11.6 Å². The van der Waals surface area contributed by atoms with E-state index in [9.17, 15) is 13.6 Å². The van der Waals surface area contributed by atoms with Crippen LogP contribution in [0.1, 0.15) is 24.8 Å². The van der Waals surface area contributed by atoms with Crippen LogP contribution >= 0.6 is 0 Å². The quantitative estimate of drug-likeness (QED) is 0.688. The molecule has 3 aromatic rings. The van der Waals surface area contributed by atoms with Crippen LogP contribution in [0.5, 0.6) is 0 Å². The van der Waals surface area contributed by atoms with E-state index in [1.165, 1.54) is 16.8 Å². The number of benzene rings is 2. The number of halogens is 2. The third-order valence-corrected chi connectivity index (χ3v) is 5.99. The van der Waals surface area contributed by atoms with E-state index >= 15 is 0 Å². The van der Waals surface area contributed by atoms with Gasteiger partial charge < -0.3 is 10.6 Å². The Balaban J connectivity index is 1.69. The zero-order chi connectivity index (χ0) is 19.6. The summed E-state index contributed by atoms with van der Waals surface area (Å²) < 4.78 is 29.0. The Hall–Kier alpha value is -3.22. The summed E-state index contributed by atoms with van der Waals surface area (Å²) in [6.07, 6.45) is 4.16. The van der Waals surface area contributed by atoms with Crippen LogP contribution in [0.25, 0.3) is 16.9 Å². The molecule has 1 aliphatic carbocycles. The van der Waals surface area contributed by atoms with Crippen molar-refractivity contribution in [3.05, 3.63) is 59.8 Å². The first-order chi connectivity index (χ1) is 13.4. The first-order valence-corrected chi connectivity index (χ1v) is 9.14. The Morgan fingerprint density at radius 2 is 1.93 bits per heavy atom. The molecular weight excluding hydrogens is 362 g/mol. The number of rotatable bonds is 2. The lowest BCUT2D eigenvalue weighted by molar-refractivity contribution is -0.125. The monoisotopic (exact) mass is 380 g/mol. The SMILES string of the molecule is CN1C(=O)C2(CCC2)c2cc(-c3ccnn3-c3ccc(F)cc3F)cc(N)c21. The molecule has 1 amide bonds. The number of likely N-dealkylation sites (N-methyl/N-ethyl adjacent to an activating group) is 1. The number of nitrogens with zero attached hydrogens (tertiary/aromatic N) is 3. The number of carbonyl (C=O) groups is 1. The summed E-state index contributed by atoms with van der Waals surface area (Å²) in [4.78, 5) is 14.5. The summed E-state index contributed by atoms with van der Waals surface area (Å²) in [5, 5.41) is 4.21. The molecular formula is C21H18F2N4O. The van der Waals surface area contributed by atoms with Gasteiger partial charge in [-0.15, -0.1) is 0 Å². The lowest BCUT2D eigenvalue weighted by Gasteiger charge is -2.36. The molecule has 5 rings (SSSR count). The number of hydrogen-bond acceptors (Lipinski definition) is 3. The Labute approximate surface area is 160 Å². The standard InChI is InChI=1S/C21H18F2N4O/c1-26-19-14(21(20(26)28)6-2-7-21)9-12(10-16(19)24)17-5-8-25-27(17)18-4-3-13(22)11-15(18)23/h3-5,8-11H,2,6-7,24H2,1H3. The number of nitrogens with two attached hydrogens (primary N) is 1. The summed E-state index contributed by atoms with van der Waals surface area (Å²) in [6, 6.07) is 8.85. The third-order valence-electron chi connectivity index (χ3n) is 5.99. The fourth-order valence-electron chi connectivity index (χ4n) is 4.46. The summed E-state index contributed by atoms with van der Waals surface area (Å²) in [5.41, 5.74) is 9.51. The second-order valence-corrected chi connectivity index (χ2v) is 7.49. The number of nitrogen functional groups attached to an aromatic ring is 1. The van der Waals surface area contributed by atoms with Gasteiger partial charge in [0.1, 0.15) is 11.5 Å². The molecule has 2 aromatic carbocycles. The number of hydrogen-bond donors (Lipinski definition) is 1. The topological polar surface area (TPSA) is 64.2 Å². The Morgan fingerprint density at radius 3 is 2.61 bits per heavy atom. The lowest BCUT2D eigenvalue weighted by Crippen LogP contribution is -2.43. The Bertz CT molecular complexity index is 1130. The average Bonchev–Trinajstić information content (AvgIpc) is 3.17. The van der Waals surface area contributed by atoms with Crippen molar-refractivity contribution in [1.29, 1.82) is 0 Å². The molecule has 2 heterocycles. The van der Waals surface area contributed by atoms with Gasteiger partial charge in [-0.05, 0) is 48.7 Å². The highest BCUT2D eigenvalue weighted by molar-refractivity contribution is 6.11. The molecule has 0 bridgehead atoms. The Kier molecular flexibility index (Phi) is 3.41. The minimum Gasteiger partial charge on any atom is -0.397 e. The number of anilines is 2. The highest BCUT2D eigenvalue weighted by Gasteiger charge is 2.54. The molecule has 1 aliphatic heterocycles. The van der Waals surface area contributed by atoms with Gasteiger partial charge in [-0.2, -0.15) is 5.10 Å². The highest BCUT2D eigenvalue weighted by atomic mass is 19.1. The van der Waals surface area contributed by atoms with Gasteiger partial charge in [-0.3, -0.25) is 4.79 Å². The smallest absolute Gasteiger partial charge is 0.237 e. The van der Waals surface area contributed by atoms with Crippen LogP contribution in [-0.2, 0) is 10.2 Å². The van der Waals surface area contributed by atoms with Crippen LogP contribution in [0.15, 0.2) is 42.6 Å². The maximum Gasteiger partial charge on any atom is 0.237 e. The van der Waals surface area contributed by atoms with E-state index < -0.39 is 17.0 Å². The zero-order valence-electron chi connectivity index (χ0n) is 15.2. The molecule has 0 atom stereocenters. The number of amides is 1. The van der Waals surface area contributed by atoms with Crippen molar-refractivity contribution in [2.45, 2.75) is 24.7 Å². The third kappa shape index (κ3) is 2.10. The van der Waals surface area contributed by atoms with Gasteiger partial charge in [-0.25, -0.2) is 13.5 Å². The van der Waals surface area contributed by atoms with Gasteiger partial charge in [0.15, 0.2) is 5.82 Å². The molecule has 7 heteroatoms. The van der Waals surface area contributed by atoms with E-state index in [2.05, 4.69) is 5.10 Å². The van der Waals surface area contributed by atoms with Crippen molar-refractivity contribution in [2.24, 2.45) is 0 Å². The molecule has 2 aliphatic rings. The molecule has 0 unspecified atom stereocenters. The van der Waals surface area contributed by atoms with Crippen molar-refractivity contribution in [1.82, 2.24) is 9.78 Å². The molecule has 2 N–H and O–H groups in total. The first kappa shape index (κ1) is 16.9. The van der Waals surface area contributed by atoms with Gasteiger partial charge in [0, 0.05) is 18.7 Å². The number of carbonyl (C=O) groups excluding carboxylic acids is 1. The lowest BCUT2D eigenvalue weighted by atomic mass is 9.65. The summed E-state index contributed by atoms with van der Waals surface area (Å²) in [7, 11) is 1.75. The second-order valence-electron chi connectivity index (χ2n) is 7.49. The predicted octanol–water partition coefficient (Wildman–Crippen LogP) is 3.80. The zero-order valence-corrected chi connectivity index (χ0v) is 15.2. The fourth-order valence-corrected chi connectivity index (χ4v) is 4.46. The van der Waals surface area contributed by atoms with E-state index in [1.807, 2.05) is 6.07 Å². The first-order valence-electron chi connectivity index (χ1n) is 9.14. The molecule has 0 radical (unpaired) electrons. The van der Waals surface area contributed by atoms with Crippen LogP contribution in [-0.4, -0.2) is 22.7 Å². The van der Waals surface area contributed by atoms with E-state index in [-0.39, 0.29) is 11.6 Å². The average molecular weight is 380 g/mol. The molecule has 1 spiro atoms. The van der Waals surface area contributed by atoms with E-state index in [4.69, 9.17) is 5.73 Å². The minimum atomic E-state index is -0.704. The van der Waals surface area contributed by atoms with E-state index in [0.717, 1.165) is 42.1 Å². The molecule has 28 heavy (non-hydrogen) atoms. The van der Waals surface area contributed by atoms with Gasteiger partial charge in [-0.1, -0.05) is 6.42 Å². The highest BCUT2D eigenvalue weighted by Crippen LogP contribution is 2.55. The molecule has 5 nitrogen and oxygen atoms in total. The Morgan fingerprint density at radius 1 is 1.14 bits per heavy atom. The molecule has 1 aromatic heterocycles.